The molecule has 4 rings (SSSR count). The largest absolute Gasteiger partial charge is 0.336 e. The molecule has 2 aromatic carbocycles. The molecule has 2 heterocycles. The molecule has 7 heteroatoms. The number of amides is 1. The average Bonchev–Trinajstić information content (AvgIpc) is 3.13. The van der Waals surface area contributed by atoms with E-state index in [2.05, 4.69) is 17.9 Å². The average molecular weight is 387 g/mol. The standard InChI is InChI=1S/C20H19F2N3OS/c1-13(19-23-17-4-2-3-5-18(17)27-19)24-8-10-25(11-9-24)20(26)14-6-7-15(21)16(22)12-14/h2-7,12-13H,8-11H2,1H3. The van der Waals surface area contributed by atoms with Crippen LogP contribution in [0.25, 0.3) is 10.2 Å². The first-order chi connectivity index (χ1) is 13.0. The summed E-state index contributed by atoms with van der Waals surface area (Å²) in [4.78, 5) is 21.2. The predicted molar refractivity (Wildman–Crippen MR) is 102 cm³/mol. The van der Waals surface area contributed by atoms with Gasteiger partial charge in [0.2, 0.25) is 0 Å². The van der Waals surface area contributed by atoms with Gasteiger partial charge in [-0.2, -0.15) is 0 Å². The zero-order chi connectivity index (χ0) is 19.0. The lowest BCUT2D eigenvalue weighted by Crippen LogP contribution is -2.49. The van der Waals surface area contributed by atoms with Crippen LogP contribution in [-0.2, 0) is 0 Å². The summed E-state index contributed by atoms with van der Waals surface area (Å²) in [6.45, 7) is 4.66. The van der Waals surface area contributed by atoms with E-state index in [0.717, 1.165) is 22.7 Å². The molecule has 1 saturated heterocycles. The van der Waals surface area contributed by atoms with Crippen molar-refractivity contribution in [2.75, 3.05) is 26.2 Å². The molecular weight excluding hydrogens is 368 g/mol. The smallest absolute Gasteiger partial charge is 0.254 e. The molecule has 1 aromatic heterocycles. The van der Waals surface area contributed by atoms with Crippen LogP contribution in [0.3, 0.4) is 0 Å². The van der Waals surface area contributed by atoms with Gasteiger partial charge in [-0.25, -0.2) is 13.8 Å². The number of carbonyl (C=O) groups excluding carboxylic acids is 1. The SMILES string of the molecule is CC(c1nc2ccccc2s1)N1CCN(C(=O)c2ccc(F)c(F)c2)CC1. The van der Waals surface area contributed by atoms with Gasteiger partial charge in [0.15, 0.2) is 11.6 Å². The van der Waals surface area contributed by atoms with E-state index in [1.165, 1.54) is 10.8 Å². The Labute approximate surface area is 160 Å². The molecule has 1 amide bonds. The van der Waals surface area contributed by atoms with E-state index < -0.39 is 11.6 Å². The Bertz CT molecular complexity index is 949. The molecule has 0 aliphatic carbocycles. The molecule has 1 atom stereocenters. The fourth-order valence-corrected chi connectivity index (χ4v) is 4.40. The Kier molecular flexibility index (Phi) is 4.88. The highest BCUT2D eigenvalue weighted by atomic mass is 32.1. The fourth-order valence-electron chi connectivity index (χ4n) is 3.35. The summed E-state index contributed by atoms with van der Waals surface area (Å²) in [6.07, 6.45) is 0. The number of piperazine rings is 1. The summed E-state index contributed by atoms with van der Waals surface area (Å²) in [7, 11) is 0. The van der Waals surface area contributed by atoms with Gasteiger partial charge in [0.25, 0.3) is 5.91 Å². The molecule has 1 aliphatic heterocycles. The highest BCUT2D eigenvalue weighted by molar-refractivity contribution is 7.18. The maximum Gasteiger partial charge on any atom is 0.254 e. The number of halogens is 2. The number of aromatic nitrogens is 1. The van der Waals surface area contributed by atoms with E-state index in [4.69, 9.17) is 4.98 Å². The first-order valence-electron chi connectivity index (χ1n) is 8.87. The molecule has 0 radical (unpaired) electrons. The van der Waals surface area contributed by atoms with Crippen LogP contribution >= 0.6 is 11.3 Å². The molecule has 140 valence electrons. The van der Waals surface area contributed by atoms with Gasteiger partial charge in [0.05, 0.1) is 16.3 Å². The number of hydrogen-bond donors (Lipinski definition) is 0. The minimum atomic E-state index is -0.996. The van der Waals surface area contributed by atoms with Crippen LogP contribution in [0, 0.1) is 11.6 Å². The van der Waals surface area contributed by atoms with Gasteiger partial charge >= 0.3 is 0 Å². The molecule has 0 saturated carbocycles. The van der Waals surface area contributed by atoms with Crippen LogP contribution < -0.4 is 0 Å². The monoisotopic (exact) mass is 387 g/mol. The molecule has 1 fully saturated rings. The molecule has 0 N–H and O–H groups in total. The number of nitrogens with zero attached hydrogens (tertiary/aromatic N) is 3. The minimum Gasteiger partial charge on any atom is -0.336 e. The van der Waals surface area contributed by atoms with Gasteiger partial charge in [-0.05, 0) is 37.3 Å². The molecule has 3 aromatic rings. The van der Waals surface area contributed by atoms with Crippen molar-refractivity contribution in [3.05, 3.63) is 64.7 Å². The third-order valence-electron chi connectivity index (χ3n) is 4.98. The zero-order valence-corrected chi connectivity index (χ0v) is 15.7. The van der Waals surface area contributed by atoms with Crippen molar-refractivity contribution in [2.24, 2.45) is 0 Å². The van der Waals surface area contributed by atoms with Crippen molar-refractivity contribution in [2.45, 2.75) is 13.0 Å². The number of thiazole rings is 1. The molecule has 1 aliphatic rings. The Morgan fingerprint density at radius 2 is 1.81 bits per heavy atom. The molecule has 1 unspecified atom stereocenters. The Morgan fingerprint density at radius 3 is 2.52 bits per heavy atom. The van der Waals surface area contributed by atoms with E-state index >= 15 is 0 Å². The number of para-hydroxylation sites is 1. The van der Waals surface area contributed by atoms with Crippen LogP contribution in [0.1, 0.15) is 28.3 Å². The van der Waals surface area contributed by atoms with Crippen molar-refractivity contribution in [1.82, 2.24) is 14.8 Å². The van der Waals surface area contributed by atoms with Crippen molar-refractivity contribution in [1.29, 1.82) is 0 Å². The van der Waals surface area contributed by atoms with Crippen LogP contribution in [-0.4, -0.2) is 46.9 Å². The predicted octanol–water partition coefficient (Wildman–Crippen LogP) is 4.09. The third-order valence-corrected chi connectivity index (χ3v) is 6.19. The maximum atomic E-state index is 13.4. The summed E-state index contributed by atoms with van der Waals surface area (Å²) in [5.41, 5.74) is 1.19. The maximum absolute atomic E-state index is 13.4. The Morgan fingerprint density at radius 1 is 1.07 bits per heavy atom. The second-order valence-corrected chi connectivity index (χ2v) is 7.72. The third kappa shape index (κ3) is 3.57. The number of hydrogen-bond acceptors (Lipinski definition) is 4. The second kappa shape index (κ2) is 7.32. The van der Waals surface area contributed by atoms with Crippen LogP contribution in [0.5, 0.6) is 0 Å². The van der Waals surface area contributed by atoms with Crippen LogP contribution in [0.4, 0.5) is 8.78 Å². The van der Waals surface area contributed by atoms with Crippen molar-refractivity contribution < 1.29 is 13.6 Å². The normalized spacial score (nSPS) is 16.6. The molecule has 4 nitrogen and oxygen atoms in total. The van der Waals surface area contributed by atoms with Crippen LogP contribution in [0.2, 0.25) is 0 Å². The zero-order valence-electron chi connectivity index (χ0n) is 14.9. The first kappa shape index (κ1) is 18.0. The lowest BCUT2D eigenvalue weighted by Gasteiger charge is -2.37. The lowest BCUT2D eigenvalue weighted by molar-refractivity contribution is 0.0581. The van der Waals surface area contributed by atoms with Gasteiger partial charge in [0, 0.05) is 31.7 Å². The number of benzene rings is 2. The highest BCUT2D eigenvalue weighted by Gasteiger charge is 2.27. The Hall–Kier alpha value is -2.38. The van der Waals surface area contributed by atoms with Gasteiger partial charge < -0.3 is 4.90 Å². The van der Waals surface area contributed by atoms with Gasteiger partial charge in [-0.15, -0.1) is 11.3 Å². The van der Waals surface area contributed by atoms with E-state index in [0.29, 0.717) is 26.2 Å². The summed E-state index contributed by atoms with van der Waals surface area (Å²) >= 11 is 1.70. The van der Waals surface area contributed by atoms with Gasteiger partial charge in [-0.3, -0.25) is 9.69 Å². The van der Waals surface area contributed by atoms with E-state index in [1.807, 2.05) is 18.2 Å². The second-order valence-electron chi connectivity index (χ2n) is 6.65. The van der Waals surface area contributed by atoms with Crippen molar-refractivity contribution in [3.63, 3.8) is 0 Å². The first-order valence-corrected chi connectivity index (χ1v) is 9.68. The van der Waals surface area contributed by atoms with Crippen molar-refractivity contribution >= 4 is 27.5 Å². The summed E-state index contributed by atoms with van der Waals surface area (Å²) in [5.74, 6) is -2.20. The van der Waals surface area contributed by atoms with E-state index in [-0.39, 0.29) is 17.5 Å². The molecular formula is C20H19F2N3OS. The Balaban J connectivity index is 1.42. The lowest BCUT2D eigenvalue weighted by atomic mass is 10.1. The molecule has 0 bridgehead atoms. The quantitative estimate of drug-likeness (QED) is 0.679. The van der Waals surface area contributed by atoms with Gasteiger partial charge in [0.1, 0.15) is 5.01 Å². The molecule has 0 spiro atoms. The van der Waals surface area contributed by atoms with E-state index in [9.17, 15) is 13.6 Å². The topological polar surface area (TPSA) is 36.4 Å². The number of fused-ring (bicyclic) bond motifs is 1. The summed E-state index contributed by atoms with van der Waals surface area (Å²) < 4.78 is 27.6. The number of rotatable bonds is 3. The minimum absolute atomic E-state index is 0.169. The summed E-state index contributed by atoms with van der Waals surface area (Å²) in [6, 6.07) is 11.5. The molecule has 27 heavy (non-hydrogen) atoms. The fraction of sp³-hybridized carbons (Fsp3) is 0.300. The van der Waals surface area contributed by atoms with Crippen molar-refractivity contribution in [3.8, 4) is 0 Å². The summed E-state index contributed by atoms with van der Waals surface area (Å²) in [5, 5.41) is 1.07. The van der Waals surface area contributed by atoms with Crippen LogP contribution in [0.15, 0.2) is 42.5 Å². The van der Waals surface area contributed by atoms with E-state index in [1.54, 1.807) is 16.2 Å². The highest BCUT2D eigenvalue weighted by Crippen LogP contribution is 2.30. The van der Waals surface area contributed by atoms with Gasteiger partial charge in [-0.1, -0.05) is 12.1 Å². The number of carbonyl (C=O) groups is 1.